The third-order valence-corrected chi connectivity index (χ3v) is 6.30. The van der Waals surface area contributed by atoms with Gasteiger partial charge >= 0.3 is 0 Å². The average Bonchev–Trinajstić information content (AvgIpc) is 2.77. The molecule has 0 bridgehead atoms. The van der Waals surface area contributed by atoms with E-state index in [0.717, 1.165) is 69.5 Å². The van der Waals surface area contributed by atoms with Crippen LogP contribution in [0.25, 0.3) is 0 Å². The van der Waals surface area contributed by atoms with Crippen LogP contribution in [-0.4, -0.2) is 49.2 Å². The molecule has 0 radical (unpaired) electrons. The summed E-state index contributed by atoms with van der Waals surface area (Å²) in [6.45, 7) is 7.98. The van der Waals surface area contributed by atoms with Crippen LogP contribution in [0.3, 0.4) is 0 Å². The van der Waals surface area contributed by atoms with Crippen LogP contribution in [0.4, 0.5) is 0 Å². The maximum absolute atomic E-state index is 9.29. The molecule has 0 aromatic heterocycles. The van der Waals surface area contributed by atoms with Gasteiger partial charge in [0.15, 0.2) is 0 Å². The quantitative estimate of drug-likeness (QED) is 0.752. The van der Waals surface area contributed by atoms with E-state index in [2.05, 4.69) is 46.2 Å². The Labute approximate surface area is 174 Å². The summed E-state index contributed by atoms with van der Waals surface area (Å²) in [5.74, 6) is 0.766. The van der Waals surface area contributed by atoms with Gasteiger partial charge in [0.25, 0.3) is 0 Å². The molecule has 4 rings (SSSR count). The van der Waals surface area contributed by atoms with Crippen LogP contribution in [0.2, 0.25) is 0 Å². The Hall–Kier alpha value is -2.19. The SMILES string of the molecule is N#Cc1ccccc1CN1CCC(Cc2ccc(CN3CCOCC3)cc2)CC1. The number of ether oxygens (including phenoxy) is 1. The third-order valence-electron chi connectivity index (χ3n) is 6.30. The first-order chi connectivity index (χ1) is 14.3. The van der Waals surface area contributed by atoms with Gasteiger partial charge in [0.05, 0.1) is 24.8 Å². The molecular formula is C25H31N3O. The lowest BCUT2D eigenvalue weighted by atomic mass is 9.89. The van der Waals surface area contributed by atoms with Crippen LogP contribution in [0.15, 0.2) is 48.5 Å². The van der Waals surface area contributed by atoms with E-state index >= 15 is 0 Å². The topological polar surface area (TPSA) is 39.5 Å². The summed E-state index contributed by atoms with van der Waals surface area (Å²) in [6.07, 6.45) is 3.66. The molecule has 0 saturated carbocycles. The Balaban J connectivity index is 1.23. The maximum Gasteiger partial charge on any atom is 0.0995 e. The highest BCUT2D eigenvalue weighted by molar-refractivity contribution is 5.37. The van der Waals surface area contributed by atoms with E-state index in [1.807, 2.05) is 18.2 Å². The van der Waals surface area contributed by atoms with Crippen molar-refractivity contribution in [3.8, 4) is 6.07 Å². The molecule has 2 aliphatic heterocycles. The summed E-state index contributed by atoms with van der Waals surface area (Å²) >= 11 is 0. The number of rotatable bonds is 6. The van der Waals surface area contributed by atoms with Gasteiger partial charge < -0.3 is 4.74 Å². The van der Waals surface area contributed by atoms with Crippen molar-refractivity contribution >= 4 is 0 Å². The highest BCUT2D eigenvalue weighted by Gasteiger charge is 2.20. The second-order valence-corrected chi connectivity index (χ2v) is 8.40. The monoisotopic (exact) mass is 389 g/mol. The van der Waals surface area contributed by atoms with Gasteiger partial charge in [-0.1, -0.05) is 42.5 Å². The van der Waals surface area contributed by atoms with Gasteiger partial charge in [-0.05, 0) is 61.0 Å². The van der Waals surface area contributed by atoms with Crippen LogP contribution in [-0.2, 0) is 24.2 Å². The molecule has 2 aromatic carbocycles. The number of hydrogen-bond donors (Lipinski definition) is 0. The van der Waals surface area contributed by atoms with Crippen molar-refractivity contribution in [1.82, 2.24) is 9.80 Å². The molecule has 29 heavy (non-hydrogen) atoms. The minimum absolute atomic E-state index is 0.766. The van der Waals surface area contributed by atoms with Gasteiger partial charge in [-0.3, -0.25) is 9.80 Å². The van der Waals surface area contributed by atoms with Crippen LogP contribution < -0.4 is 0 Å². The van der Waals surface area contributed by atoms with Crippen molar-refractivity contribution in [3.05, 3.63) is 70.8 Å². The zero-order valence-corrected chi connectivity index (χ0v) is 17.2. The fourth-order valence-corrected chi connectivity index (χ4v) is 4.49. The van der Waals surface area contributed by atoms with Gasteiger partial charge in [-0.15, -0.1) is 0 Å². The lowest BCUT2D eigenvalue weighted by Crippen LogP contribution is -2.35. The number of piperidine rings is 1. The Bertz CT molecular complexity index is 813. The Morgan fingerprint density at radius 3 is 2.21 bits per heavy atom. The normalized spacial score (nSPS) is 19.1. The van der Waals surface area contributed by atoms with Crippen molar-refractivity contribution in [1.29, 1.82) is 5.26 Å². The summed E-state index contributed by atoms with van der Waals surface area (Å²) in [4.78, 5) is 4.97. The molecule has 2 aliphatic rings. The predicted molar refractivity (Wildman–Crippen MR) is 115 cm³/mol. The van der Waals surface area contributed by atoms with Gasteiger partial charge in [-0.25, -0.2) is 0 Å². The minimum atomic E-state index is 0.766. The van der Waals surface area contributed by atoms with Crippen molar-refractivity contribution in [2.24, 2.45) is 5.92 Å². The van der Waals surface area contributed by atoms with Crippen LogP contribution >= 0.6 is 0 Å². The van der Waals surface area contributed by atoms with E-state index in [0.29, 0.717) is 0 Å². The van der Waals surface area contributed by atoms with E-state index in [9.17, 15) is 5.26 Å². The highest BCUT2D eigenvalue weighted by Crippen LogP contribution is 2.24. The van der Waals surface area contributed by atoms with E-state index in [4.69, 9.17) is 4.74 Å². The van der Waals surface area contributed by atoms with Crippen molar-refractivity contribution < 1.29 is 4.74 Å². The molecule has 152 valence electrons. The van der Waals surface area contributed by atoms with Crippen LogP contribution in [0, 0.1) is 17.2 Å². The Morgan fingerprint density at radius 2 is 1.48 bits per heavy atom. The zero-order valence-electron chi connectivity index (χ0n) is 17.2. The first kappa shape index (κ1) is 20.1. The molecule has 0 spiro atoms. The smallest absolute Gasteiger partial charge is 0.0995 e. The first-order valence-electron chi connectivity index (χ1n) is 10.9. The molecule has 0 aliphatic carbocycles. The lowest BCUT2D eigenvalue weighted by molar-refractivity contribution is 0.0342. The van der Waals surface area contributed by atoms with E-state index in [1.54, 1.807) is 0 Å². The molecule has 0 unspecified atom stereocenters. The molecular weight excluding hydrogens is 358 g/mol. The summed E-state index contributed by atoms with van der Waals surface area (Å²) in [7, 11) is 0. The number of hydrogen-bond acceptors (Lipinski definition) is 4. The van der Waals surface area contributed by atoms with Gasteiger partial charge in [0, 0.05) is 26.2 Å². The summed E-state index contributed by atoms with van der Waals surface area (Å²) in [5.41, 5.74) is 4.83. The number of morpholine rings is 1. The summed E-state index contributed by atoms with van der Waals surface area (Å²) in [6, 6.07) is 19.6. The zero-order chi connectivity index (χ0) is 19.9. The second-order valence-electron chi connectivity index (χ2n) is 8.40. The molecule has 0 N–H and O–H groups in total. The average molecular weight is 390 g/mol. The number of nitriles is 1. The fraction of sp³-hybridized carbons (Fsp3) is 0.480. The molecule has 2 heterocycles. The molecule has 2 fully saturated rings. The lowest BCUT2D eigenvalue weighted by Gasteiger charge is -2.32. The van der Waals surface area contributed by atoms with E-state index in [1.165, 1.54) is 30.4 Å². The van der Waals surface area contributed by atoms with Gasteiger partial charge in [-0.2, -0.15) is 5.26 Å². The molecule has 0 atom stereocenters. The van der Waals surface area contributed by atoms with Crippen molar-refractivity contribution in [2.45, 2.75) is 32.4 Å². The highest BCUT2D eigenvalue weighted by atomic mass is 16.5. The van der Waals surface area contributed by atoms with E-state index < -0.39 is 0 Å². The number of likely N-dealkylation sites (tertiary alicyclic amines) is 1. The minimum Gasteiger partial charge on any atom is -0.379 e. The van der Waals surface area contributed by atoms with Gasteiger partial charge in [0.1, 0.15) is 0 Å². The fourth-order valence-electron chi connectivity index (χ4n) is 4.49. The number of nitrogens with zero attached hydrogens (tertiary/aromatic N) is 3. The van der Waals surface area contributed by atoms with E-state index in [-0.39, 0.29) is 0 Å². The molecule has 0 amide bonds. The third kappa shape index (κ3) is 5.67. The summed E-state index contributed by atoms with van der Waals surface area (Å²) < 4.78 is 5.43. The van der Waals surface area contributed by atoms with Crippen LogP contribution in [0.1, 0.15) is 35.1 Å². The Kier molecular flexibility index (Phi) is 6.95. The summed E-state index contributed by atoms with van der Waals surface area (Å²) in [5, 5.41) is 9.29. The van der Waals surface area contributed by atoms with Crippen molar-refractivity contribution in [3.63, 3.8) is 0 Å². The first-order valence-corrected chi connectivity index (χ1v) is 10.9. The van der Waals surface area contributed by atoms with Crippen molar-refractivity contribution in [2.75, 3.05) is 39.4 Å². The van der Waals surface area contributed by atoms with Gasteiger partial charge in [0.2, 0.25) is 0 Å². The Morgan fingerprint density at radius 1 is 0.828 bits per heavy atom. The maximum atomic E-state index is 9.29. The van der Waals surface area contributed by atoms with Crippen LogP contribution in [0.5, 0.6) is 0 Å². The predicted octanol–water partition coefficient (Wildman–Crippen LogP) is 3.85. The molecule has 2 aromatic rings. The standard InChI is InChI=1S/C25H31N3O/c26-18-24-3-1-2-4-25(24)20-27-11-9-22(10-12-27)17-21-5-7-23(8-6-21)19-28-13-15-29-16-14-28/h1-8,22H,9-17,19-20H2. The number of benzene rings is 2. The molecule has 4 nitrogen and oxygen atoms in total. The largest absolute Gasteiger partial charge is 0.379 e. The molecule has 4 heteroatoms. The molecule has 2 saturated heterocycles. The second kappa shape index (κ2) is 10.0.